The Labute approximate surface area is 113 Å². The van der Waals surface area contributed by atoms with Gasteiger partial charge in [-0.05, 0) is 61.6 Å². The first kappa shape index (κ1) is 15.0. The molecule has 1 aromatic carbocycles. The molecule has 0 amide bonds. The quantitative estimate of drug-likeness (QED) is 0.567. The van der Waals surface area contributed by atoms with Gasteiger partial charge in [0.25, 0.3) is 0 Å². The lowest BCUT2D eigenvalue weighted by molar-refractivity contribution is 0.483. The molecule has 0 N–H and O–H groups in total. The molecular weight excluding hydrogens is 216 g/mol. The number of benzene rings is 1. The number of aryl methyl sites for hydroxylation is 1. The predicted molar refractivity (Wildman–Crippen MR) is 82.2 cm³/mol. The van der Waals surface area contributed by atoms with Crippen molar-refractivity contribution in [3.63, 3.8) is 0 Å². The van der Waals surface area contributed by atoms with Crippen molar-refractivity contribution in [2.45, 2.75) is 59.8 Å². The Morgan fingerprint density at radius 1 is 1.22 bits per heavy atom. The van der Waals surface area contributed by atoms with Crippen molar-refractivity contribution in [3.8, 4) is 0 Å². The van der Waals surface area contributed by atoms with Gasteiger partial charge < -0.3 is 0 Å². The average Bonchev–Trinajstić information content (AvgIpc) is 2.34. The molecule has 18 heavy (non-hydrogen) atoms. The maximum absolute atomic E-state index is 2.33. The van der Waals surface area contributed by atoms with Crippen LogP contribution in [0.1, 0.15) is 63.1 Å². The highest BCUT2D eigenvalue weighted by Gasteiger charge is 2.16. The lowest BCUT2D eigenvalue weighted by atomic mass is 9.82. The van der Waals surface area contributed by atoms with E-state index in [2.05, 4.69) is 65.0 Å². The van der Waals surface area contributed by atoms with Gasteiger partial charge in [-0.3, -0.25) is 0 Å². The Bertz CT molecular complexity index is 385. The Morgan fingerprint density at radius 3 is 2.50 bits per heavy atom. The van der Waals surface area contributed by atoms with Crippen molar-refractivity contribution in [3.05, 3.63) is 47.0 Å². The third-order valence-electron chi connectivity index (χ3n) is 3.95. The second-order valence-corrected chi connectivity index (χ2v) is 5.50. The molecule has 1 rings (SSSR count). The predicted octanol–water partition coefficient (Wildman–Crippen LogP) is 5.65. The van der Waals surface area contributed by atoms with E-state index in [1.165, 1.54) is 24.0 Å². The third kappa shape index (κ3) is 3.73. The van der Waals surface area contributed by atoms with Gasteiger partial charge in [-0.15, -0.1) is 0 Å². The molecular formula is C18H28. The van der Waals surface area contributed by atoms with Gasteiger partial charge in [-0.25, -0.2) is 0 Å². The van der Waals surface area contributed by atoms with Crippen molar-refractivity contribution in [1.82, 2.24) is 0 Å². The van der Waals surface area contributed by atoms with Crippen LogP contribution in [0.5, 0.6) is 0 Å². The van der Waals surface area contributed by atoms with Crippen molar-refractivity contribution in [2.24, 2.45) is 5.92 Å². The van der Waals surface area contributed by atoms with Gasteiger partial charge >= 0.3 is 0 Å². The van der Waals surface area contributed by atoms with Crippen LogP contribution >= 0.6 is 0 Å². The molecule has 0 radical (unpaired) electrons. The zero-order valence-electron chi connectivity index (χ0n) is 12.7. The first-order valence-corrected chi connectivity index (χ1v) is 7.31. The van der Waals surface area contributed by atoms with Crippen LogP contribution in [0.4, 0.5) is 0 Å². The summed E-state index contributed by atoms with van der Waals surface area (Å²) >= 11 is 0. The van der Waals surface area contributed by atoms with Gasteiger partial charge in [0.2, 0.25) is 0 Å². The fourth-order valence-corrected chi connectivity index (χ4v) is 2.83. The summed E-state index contributed by atoms with van der Waals surface area (Å²) in [6.45, 7) is 11.4. The van der Waals surface area contributed by atoms with Crippen molar-refractivity contribution in [2.75, 3.05) is 0 Å². The van der Waals surface area contributed by atoms with E-state index in [-0.39, 0.29) is 0 Å². The van der Waals surface area contributed by atoms with E-state index in [4.69, 9.17) is 0 Å². The summed E-state index contributed by atoms with van der Waals surface area (Å²) < 4.78 is 0. The first-order chi connectivity index (χ1) is 8.61. The van der Waals surface area contributed by atoms with Crippen LogP contribution in [-0.2, 0) is 6.42 Å². The number of rotatable bonds is 6. The average molecular weight is 244 g/mol. The molecule has 0 bridgehead atoms. The normalized spacial score (nSPS) is 13.4. The summed E-state index contributed by atoms with van der Waals surface area (Å²) in [5, 5.41) is 0. The van der Waals surface area contributed by atoms with Crippen LogP contribution in [0, 0.1) is 12.8 Å². The lowest BCUT2D eigenvalue weighted by Crippen LogP contribution is -2.08. The lowest BCUT2D eigenvalue weighted by Gasteiger charge is -2.23. The second-order valence-electron chi connectivity index (χ2n) is 5.50. The second kappa shape index (κ2) is 7.41. The van der Waals surface area contributed by atoms with Crippen molar-refractivity contribution in [1.29, 1.82) is 0 Å². The molecule has 0 aromatic heterocycles. The Morgan fingerprint density at radius 2 is 1.94 bits per heavy atom. The highest BCUT2D eigenvalue weighted by Crippen LogP contribution is 2.31. The van der Waals surface area contributed by atoms with E-state index in [9.17, 15) is 0 Å². The molecule has 0 aliphatic heterocycles. The van der Waals surface area contributed by atoms with Gasteiger partial charge in [-0.1, -0.05) is 51.1 Å². The highest BCUT2D eigenvalue weighted by atomic mass is 14.2. The summed E-state index contributed by atoms with van der Waals surface area (Å²) in [5.74, 6) is 1.42. The molecule has 0 saturated carbocycles. The van der Waals surface area contributed by atoms with E-state index in [0.717, 1.165) is 12.3 Å². The van der Waals surface area contributed by atoms with Crippen LogP contribution in [-0.4, -0.2) is 0 Å². The van der Waals surface area contributed by atoms with Crippen LogP contribution in [0.25, 0.3) is 0 Å². The fraction of sp³-hybridized carbons (Fsp3) is 0.556. The summed E-state index contributed by atoms with van der Waals surface area (Å²) in [6, 6.07) is 6.84. The van der Waals surface area contributed by atoms with Gasteiger partial charge in [-0.2, -0.15) is 0 Å². The molecule has 1 aromatic rings. The molecule has 0 aliphatic carbocycles. The number of hydrogen-bond acceptors (Lipinski definition) is 0. The SMILES string of the molecule is C/C=C\CCc1cccc(C(CC)C(C)C)c1C. The van der Waals surface area contributed by atoms with Gasteiger partial charge in [0.1, 0.15) is 0 Å². The number of hydrogen-bond donors (Lipinski definition) is 0. The van der Waals surface area contributed by atoms with Crippen LogP contribution in [0.2, 0.25) is 0 Å². The molecule has 0 fully saturated rings. The molecule has 0 aliphatic rings. The van der Waals surface area contributed by atoms with Crippen LogP contribution < -0.4 is 0 Å². The first-order valence-electron chi connectivity index (χ1n) is 7.31. The Hall–Kier alpha value is -1.04. The maximum Gasteiger partial charge on any atom is -0.0139 e. The summed E-state index contributed by atoms with van der Waals surface area (Å²) in [6.07, 6.45) is 7.95. The number of allylic oxidation sites excluding steroid dienone is 2. The smallest absolute Gasteiger partial charge is 0.0139 e. The minimum Gasteiger partial charge on any atom is -0.0917 e. The maximum atomic E-state index is 2.33. The van der Waals surface area contributed by atoms with Crippen LogP contribution in [0.15, 0.2) is 30.4 Å². The van der Waals surface area contributed by atoms with Gasteiger partial charge in [0.05, 0.1) is 0 Å². The Kier molecular flexibility index (Phi) is 6.18. The monoisotopic (exact) mass is 244 g/mol. The zero-order valence-corrected chi connectivity index (χ0v) is 12.7. The summed E-state index contributed by atoms with van der Waals surface area (Å²) in [5.41, 5.74) is 4.60. The molecule has 0 saturated heterocycles. The molecule has 1 atom stereocenters. The minimum atomic E-state index is 0.701. The molecule has 0 heteroatoms. The molecule has 100 valence electrons. The molecule has 1 unspecified atom stereocenters. The minimum absolute atomic E-state index is 0.701. The Balaban J connectivity index is 2.96. The molecule has 0 nitrogen and oxygen atoms in total. The van der Waals surface area contributed by atoms with Crippen molar-refractivity contribution < 1.29 is 0 Å². The van der Waals surface area contributed by atoms with E-state index < -0.39 is 0 Å². The van der Waals surface area contributed by atoms with Gasteiger partial charge in [0, 0.05) is 0 Å². The molecule has 0 spiro atoms. The van der Waals surface area contributed by atoms with E-state index in [0.29, 0.717) is 5.92 Å². The highest BCUT2D eigenvalue weighted by molar-refractivity contribution is 5.37. The largest absolute Gasteiger partial charge is 0.0917 e. The van der Waals surface area contributed by atoms with Crippen molar-refractivity contribution >= 4 is 0 Å². The topological polar surface area (TPSA) is 0 Å². The summed E-state index contributed by atoms with van der Waals surface area (Å²) in [4.78, 5) is 0. The van der Waals surface area contributed by atoms with E-state index in [1.807, 2.05) is 0 Å². The third-order valence-corrected chi connectivity index (χ3v) is 3.95. The van der Waals surface area contributed by atoms with E-state index in [1.54, 1.807) is 5.56 Å². The molecule has 0 heterocycles. The standard InChI is InChI=1S/C18H28/c1-6-8-9-11-16-12-10-13-18(15(16)5)17(7-2)14(3)4/h6,8,10,12-14,17H,7,9,11H2,1-5H3/b8-6-. The summed E-state index contributed by atoms with van der Waals surface area (Å²) in [7, 11) is 0. The van der Waals surface area contributed by atoms with Gasteiger partial charge in [0.15, 0.2) is 0 Å². The van der Waals surface area contributed by atoms with Crippen LogP contribution in [0.3, 0.4) is 0 Å². The zero-order chi connectivity index (χ0) is 13.5. The fourth-order valence-electron chi connectivity index (χ4n) is 2.83. The van der Waals surface area contributed by atoms with E-state index >= 15 is 0 Å².